The molecule has 0 saturated heterocycles. The second-order valence-corrected chi connectivity index (χ2v) is 10.9. The molecule has 2 N–H and O–H groups in total. The molecule has 170 valence electrons. The highest BCUT2D eigenvalue weighted by molar-refractivity contribution is 5.32. The highest BCUT2D eigenvalue weighted by atomic mass is 16.7. The van der Waals surface area contributed by atoms with Crippen LogP contribution in [0.25, 0.3) is 0 Å². The van der Waals surface area contributed by atoms with E-state index < -0.39 is 11.4 Å². The number of ether oxygens (including phenoxy) is 2. The summed E-state index contributed by atoms with van der Waals surface area (Å²) >= 11 is 0. The van der Waals surface area contributed by atoms with Crippen LogP contribution >= 0.6 is 0 Å². The van der Waals surface area contributed by atoms with Crippen molar-refractivity contribution in [2.24, 2.45) is 29.1 Å². The van der Waals surface area contributed by atoms with Crippen LogP contribution in [0.15, 0.2) is 23.3 Å². The van der Waals surface area contributed by atoms with Gasteiger partial charge in [-0.25, -0.2) is 0 Å². The fourth-order valence-corrected chi connectivity index (χ4v) is 8.13. The van der Waals surface area contributed by atoms with Gasteiger partial charge < -0.3 is 19.7 Å². The first-order chi connectivity index (χ1) is 14.2. The second kappa shape index (κ2) is 8.03. The average Bonchev–Trinajstić information content (AvgIpc) is 3.03. The predicted octanol–water partition coefficient (Wildman–Crippen LogP) is 5.00. The van der Waals surface area contributed by atoms with E-state index in [2.05, 4.69) is 20.4 Å². The predicted molar refractivity (Wildman–Crippen MR) is 119 cm³/mol. The molecule has 0 aromatic rings. The molecule has 0 spiro atoms. The van der Waals surface area contributed by atoms with Gasteiger partial charge in [0.15, 0.2) is 5.79 Å². The molecule has 0 aromatic heterocycles. The lowest BCUT2D eigenvalue weighted by atomic mass is 9.49. The van der Waals surface area contributed by atoms with E-state index in [1.165, 1.54) is 6.42 Å². The van der Waals surface area contributed by atoms with Crippen molar-refractivity contribution in [1.82, 2.24) is 0 Å². The van der Waals surface area contributed by atoms with Gasteiger partial charge in [-0.05, 0) is 80.6 Å². The highest BCUT2D eigenvalue weighted by Crippen LogP contribution is 2.67. The van der Waals surface area contributed by atoms with Crippen LogP contribution < -0.4 is 0 Å². The maximum atomic E-state index is 11.9. The summed E-state index contributed by atoms with van der Waals surface area (Å²) in [6, 6.07) is 0. The summed E-state index contributed by atoms with van der Waals surface area (Å²) in [6.07, 6.45) is 9.66. The SMILES string of the molecule is C=C(CCCO)[C@]1(O)CC[C@H]2[C@@H]3[C@H](C)CC4=C(CCC(OC)(OC)C4)[C@H]3CC[C@@]21C. The lowest BCUT2D eigenvalue weighted by molar-refractivity contribution is -0.214. The lowest BCUT2D eigenvalue weighted by Gasteiger charge is -2.57. The first kappa shape index (κ1) is 22.5. The van der Waals surface area contributed by atoms with Crippen molar-refractivity contribution < 1.29 is 19.7 Å². The summed E-state index contributed by atoms with van der Waals surface area (Å²) in [5, 5.41) is 21.1. The average molecular weight is 419 g/mol. The largest absolute Gasteiger partial charge is 0.396 e. The quantitative estimate of drug-likeness (QED) is 0.471. The first-order valence-corrected chi connectivity index (χ1v) is 12.1. The Bertz CT molecular complexity index is 708. The van der Waals surface area contributed by atoms with Gasteiger partial charge >= 0.3 is 0 Å². The number of rotatable bonds is 6. The molecule has 30 heavy (non-hydrogen) atoms. The van der Waals surface area contributed by atoms with Crippen molar-refractivity contribution in [2.75, 3.05) is 20.8 Å². The summed E-state index contributed by atoms with van der Waals surface area (Å²) in [5.41, 5.74) is 3.36. The molecular formula is C26H42O4. The van der Waals surface area contributed by atoms with Gasteiger partial charge in [0.1, 0.15) is 0 Å². The Morgan fingerprint density at radius 3 is 2.57 bits per heavy atom. The molecule has 0 amide bonds. The van der Waals surface area contributed by atoms with E-state index in [4.69, 9.17) is 9.47 Å². The maximum Gasteiger partial charge on any atom is 0.171 e. The van der Waals surface area contributed by atoms with E-state index in [0.717, 1.165) is 56.9 Å². The Kier molecular flexibility index (Phi) is 6.02. The van der Waals surface area contributed by atoms with Crippen LogP contribution in [-0.4, -0.2) is 42.4 Å². The molecule has 0 heterocycles. The number of hydrogen-bond acceptors (Lipinski definition) is 4. The Morgan fingerprint density at radius 2 is 1.90 bits per heavy atom. The zero-order chi connectivity index (χ0) is 21.7. The Labute approximate surface area is 182 Å². The van der Waals surface area contributed by atoms with Gasteiger partial charge in [-0.3, -0.25) is 0 Å². The van der Waals surface area contributed by atoms with Crippen LogP contribution in [0.3, 0.4) is 0 Å². The molecule has 2 fully saturated rings. The van der Waals surface area contributed by atoms with Crippen LogP contribution in [0.4, 0.5) is 0 Å². The highest BCUT2D eigenvalue weighted by Gasteiger charge is 2.63. The van der Waals surface area contributed by atoms with E-state index >= 15 is 0 Å². The number of methoxy groups -OCH3 is 2. The van der Waals surface area contributed by atoms with Crippen LogP contribution in [0, 0.1) is 29.1 Å². The van der Waals surface area contributed by atoms with Crippen molar-refractivity contribution in [2.45, 2.75) is 89.4 Å². The zero-order valence-corrected chi connectivity index (χ0v) is 19.5. The van der Waals surface area contributed by atoms with Crippen LogP contribution in [0.1, 0.15) is 78.1 Å². The summed E-state index contributed by atoms with van der Waals surface area (Å²) in [5.74, 6) is 2.04. The lowest BCUT2D eigenvalue weighted by Crippen LogP contribution is -2.54. The van der Waals surface area contributed by atoms with Crippen molar-refractivity contribution in [3.63, 3.8) is 0 Å². The van der Waals surface area contributed by atoms with E-state index in [-0.39, 0.29) is 12.0 Å². The third kappa shape index (κ3) is 3.17. The third-order valence-electron chi connectivity index (χ3n) is 9.83. The minimum atomic E-state index is -0.778. The first-order valence-electron chi connectivity index (χ1n) is 12.1. The molecule has 0 bridgehead atoms. The summed E-state index contributed by atoms with van der Waals surface area (Å²) < 4.78 is 11.6. The van der Waals surface area contributed by atoms with E-state index in [1.54, 1.807) is 25.4 Å². The Morgan fingerprint density at radius 1 is 1.17 bits per heavy atom. The van der Waals surface area contributed by atoms with Gasteiger partial charge in [0.2, 0.25) is 0 Å². The molecule has 2 saturated carbocycles. The normalized spacial score (nSPS) is 42.5. The fraction of sp³-hybridized carbons (Fsp3) is 0.846. The minimum Gasteiger partial charge on any atom is -0.396 e. The van der Waals surface area contributed by atoms with Crippen molar-refractivity contribution in [3.05, 3.63) is 23.3 Å². The molecular weight excluding hydrogens is 376 g/mol. The van der Waals surface area contributed by atoms with Gasteiger partial charge in [0.05, 0.1) is 5.60 Å². The van der Waals surface area contributed by atoms with E-state index in [1.807, 2.05) is 0 Å². The van der Waals surface area contributed by atoms with Gasteiger partial charge in [-0.1, -0.05) is 31.6 Å². The Balaban J connectivity index is 1.61. The molecule has 6 atom stereocenters. The maximum absolute atomic E-state index is 11.9. The number of fused-ring (bicyclic) bond motifs is 4. The fourth-order valence-electron chi connectivity index (χ4n) is 8.13. The van der Waals surface area contributed by atoms with Crippen molar-refractivity contribution in [3.8, 4) is 0 Å². The zero-order valence-electron chi connectivity index (χ0n) is 19.5. The molecule has 4 aliphatic rings. The van der Waals surface area contributed by atoms with Crippen LogP contribution in [0.2, 0.25) is 0 Å². The van der Waals surface area contributed by atoms with Crippen LogP contribution in [-0.2, 0) is 9.47 Å². The smallest absolute Gasteiger partial charge is 0.171 e. The topological polar surface area (TPSA) is 58.9 Å². The van der Waals surface area contributed by atoms with Gasteiger partial charge in [0, 0.05) is 39.1 Å². The Hall–Kier alpha value is -0.680. The summed E-state index contributed by atoms with van der Waals surface area (Å²) in [7, 11) is 3.55. The summed E-state index contributed by atoms with van der Waals surface area (Å²) in [6.45, 7) is 9.24. The van der Waals surface area contributed by atoms with Crippen molar-refractivity contribution >= 4 is 0 Å². The van der Waals surface area contributed by atoms with Crippen LogP contribution in [0.5, 0.6) is 0 Å². The van der Waals surface area contributed by atoms with E-state index in [9.17, 15) is 10.2 Å². The molecule has 4 aliphatic carbocycles. The van der Waals surface area contributed by atoms with E-state index in [0.29, 0.717) is 30.1 Å². The number of aliphatic hydroxyl groups excluding tert-OH is 1. The standard InChI is InChI=1S/C26H42O4/c1-17-15-19-16-25(29-4,30-5)12-9-20(19)21-8-11-24(3)22(23(17)21)10-13-26(24,28)18(2)7-6-14-27/h17,21-23,27-28H,2,6-16H2,1,3-5H3/t17-,21-,22+,23-,24+,26-/m1/s1. The third-order valence-corrected chi connectivity index (χ3v) is 9.83. The number of hydrogen-bond donors (Lipinski definition) is 2. The summed E-state index contributed by atoms with van der Waals surface area (Å²) in [4.78, 5) is 0. The monoisotopic (exact) mass is 418 g/mol. The second-order valence-electron chi connectivity index (χ2n) is 10.9. The van der Waals surface area contributed by atoms with Gasteiger partial charge in [-0.2, -0.15) is 0 Å². The van der Waals surface area contributed by atoms with Gasteiger partial charge in [0.25, 0.3) is 0 Å². The molecule has 4 heteroatoms. The molecule has 4 rings (SSSR count). The molecule has 0 unspecified atom stereocenters. The van der Waals surface area contributed by atoms with Gasteiger partial charge in [-0.15, -0.1) is 0 Å². The molecule has 0 aromatic carbocycles. The number of allylic oxidation sites excluding steroid dienone is 1. The van der Waals surface area contributed by atoms with Crippen molar-refractivity contribution in [1.29, 1.82) is 0 Å². The molecule has 4 nitrogen and oxygen atoms in total. The number of aliphatic hydroxyl groups is 2. The molecule has 0 radical (unpaired) electrons. The molecule has 0 aliphatic heterocycles. The minimum absolute atomic E-state index is 0.0927.